The Labute approximate surface area is 148 Å². The number of fused-ring (bicyclic) bond motifs is 1. The summed E-state index contributed by atoms with van der Waals surface area (Å²) in [6.45, 7) is 2.10. The molecule has 130 valence electrons. The van der Waals surface area contributed by atoms with E-state index in [2.05, 4.69) is 10.3 Å². The Morgan fingerprint density at radius 1 is 1.32 bits per heavy atom. The van der Waals surface area contributed by atoms with Crippen LogP contribution in [0, 0.1) is 6.92 Å². The maximum Gasteiger partial charge on any atom is 0.254 e. The van der Waals surface area contributed by atoms with Crippen LogP contribution in [0.1, 0.15) is 28.1 Å². The Balaban J connectivity index is 1.47. The minimum absolute atomic E-state index is 0.0105. The second kappa shape index (κ2) is 6.36. The Morgan fingerprint density at radius 2 is 2.12 bits per heavy atom. The first-order valence-electron chi connectivity index (χ1n) is 8.03. The van der Waals surface area contributed by atoms with Crippen LogP contribution in [0.4, 0.5) is 5.13 Å². The number of anilines is 1. The minimum atomic E-state index is -0.240. The molecule has 1 saturated carbocycles. The molecule has 0 radical (unpaired) electrons. The second-order valence-corrected chi connectivity index (χ2v) is 7.29. The van der Waals surface area contributed by atoms with Crippen molar-refractivity contribution in [2.24, 2.45) is 0 Å². The van der Waals surface area contributed by atoms with Crippen molar-refractivity contribution in [3.63, 3.8) is 0 Å². The maximum absolute atomic E-state index is 12.9. The van der Waals surface area contributed by atoms with Gasteiger partial charge in [-0.25, -0.2) is 4.98 Å². The summed E-state index contributed by atoms with van der Waals surface area (Å²) >= 11 is 1.41. The Hall–Kier alpha value is -2.61. The van der Waals surface area contributed by atoms with Crippen molar-refractivity contribution in [2.75, 3.05) is 18.7 Å². The summed E-state index contributed by atoms with van der Waals surface area (Å²) in [5.74, 6) is 0.775. The molecule has 2 amide bonds. The Morgan fingerprint density at radius 3 is 2.84 bits per heavy atom. The van der Waals surface area contributed by atoms with Gasteiger partial charge in [0.2, 0.25) is 12.7 Å². The summed E-state index contributed by atoms with van der Waals surface area (Å²) < 4.78 is 10.6. The summed E-state index contributed by atoms with van der Waals surface area (Å²) in [4.78, 5) is 31.9. The number of carbonyl (C=O) groups excluding carboxylic acids is 2. The van der Waals surface area contributed by atoms with E-state index in [-0.39, 0.29) is 31.2 Å². The third-order valence-electron chi connectivity index (χ3n) is 4.05. The highest BCUT2D eigenvalue weighted by Gasteiger charge is 2.35. The number of amides is 2. The molecule has 2 heterocycles. The fourth-order valence-electron chi connectivity index (χ4n) is 2.67. The summed E-state index contributed by atoms with van der Waals surface area (Å²) in [5, 5.41) is 3.30. The van der Waals surface area contributed by atoms with Gasteiger partial charge in [-0.15, -0.1) is 11.3 Å². The molecule has 2 aromatic rings. The lowest BCUT2D eigenvalue weighted by Crippen LogP contribution is -2.39. The van der Waals surface area contributed by atoms with Crippen molar-refractivity contribution >= 4 is 28.3 Å². The van der Waals surface area contributed by atoms with E-state index in [1.165, 1.54) is 11.3 Å². The molecule has 25 heavy (non-hydrogen) atoms. The van der Waals surface area contributed by atoms with Crippen LogP contribution in [0.2, 0.25) is 0 Å². The Kier molecular flexibility index (Phi) is 4.04. The average molecular weight is 359 g/mol. The van der Waals surface area contributed by atoms with Gasteiger partial charge in [-0.2, -0.15) is 0 Å². The largest absolute Gasteiger partial charge is 0.454 e. The van der Waals surface area contributed by atoms with Crippen molar-refractivity contribution in [1.82, 2.24) is 9.88 Å². The number of hydrogen-bond donors (Lipinski definition) is 1. The van der Waals surface area contributed by atoms with Crippen LogP contribution in [0.5, 0.6) is 11.5 Å². The fraction of sp³-hybridized carbons (Fsp3) is 0.353. The zero-order valence-electron chi connectivity index (χ0n) is 13.7. The number of nitrogens with zero attached hydrogens (tertiary/aromatic N) is 2. The molecule has 1 aliphatic carbocycles. The van der Waals surface area contributed by atoms with Gasteiger partial charge in [0.15, 0.2) is 16.6 Å². The van der Waals surface area contributed by atoms with E-state index in [0.29, 0.717) is 22.2 Å². The molecule has 8 heteroatoms. The van der Waals surface area contributed by atoms with E-state index in [1.54, 1.807) is 29.3 Å². The lowest BCUT2D eigenvalue weighted by atomic mass is 10.1. The van der Waals surface area contributed by atoms with Crippen molar-refractivity contribution in [3.8, 4) is 11.5 Å². The number of ether oxygens (including phenoxy) is 2. The van der Waals surface area contributed by atoms with Crippen LogP contribution in [-0.2, 0) is 4.79 Å². The lowest BCUT2D eigenvalue weighted by molar-refractivity contribution is -0.117. The average Bonchev–Trinajstić information content (AvgIpc) is 3.19. The number of thiazole rings is 1. The van der Waals surface area contributed by atoms with E-state index in [9.17, 15) is 9.59 Å². The molecule has 1 aromatic heterocycles. The van der Waals surface area contributed by atoms with Crippen molar-refractivity contribution < 1.29 is 19.1 Å². The van der Waals surface area contributed by atoms with E-state index >= 15 is 0 Å². The zero-order chi connectivity index (χ0) is 17.4. The quantitative estimate of drug-likeness (QED) is 0.887. The first-order chi connectivity index (χ1) is 12.1. The van der Waals surface area contributed by atoms with E-state index < -0.39 is 0 Å². The number of hydrogen-bond acceptors (Lipinski definition) is 6. The topological polar surface area (TPSA) is 80.8 Å². The molecule has 1 aromatic carbocycles. The van der Waals surface area contributed by atoms with Gasteiger partial charge in [-0.3, -0.25) is 9.59 Å². The maximum atomic E-state index is 12.9. The molecule has 1 aliphatic heterocycles. The molecule has 0 atom stereocenters. The number of benzene rings is 1. The highest BCUT2D eigenvalue weighted by molar-refractivity contribution is 7.15. The third kappa shape index (κ3) is 3.43. The molecule has 0 spiro atoms. The molecule has 0 unspecified atom stereocenters. The first-order valence-corrected chi connectivity index (χ1v) is 8.85. The van der Waals surface area contributed by atoms with Crippen molar-refractivity contribution in [3.05, 3.63) is 34.8 Å². The van der Waals surface area contributed by atoms with Crippen LogP contribution in [0.15, 0.2) is 24.4 Å². The molecule has 4 rings (SSSR count). The molecular formula is C17H17N3O4S. The smallest absolute Gasteiger partial charge is 0.254 e. The predicted molar refractivity (Wildman–Crippen MR) is 92.1 cm³/mol. The second-order valence-electron chi connectivity index (χ2n) is 6.06. The summed E-state index contributed by atoms with van der Waals surface area (Å²) in [5.41, 5.74) is 0.494. The van der Waals surface area contributed by atoms with Gasteiger partial charge in [-0.1, -0.05) is 0 Å². The van der Waals surface area contributed by atoms with Gasteiger partial charge < -0.3 is 19.7 Å². The zero-order valence-corrected chi connectivity index (χ0v) is 14.5. The summed E-state index contributed by atoms with van der Waals surface area (Å²) in [6.07, 6.45) is 3.54. The molecule has 7 nitrogen and oxygen atoms in total. The Bertz CT molecular complexity index is 831. The van der Waals surface area contributed by atoms with Crippen LogP contribution < -0.4 is 14.8 Å². The molecule has 0 saturated heterocycles. The van der Waals surface area contributed by atoms with Crippen molar-refractivity contribution in [2.45, 2.75) is 25.8 Å². The van der Waals surface area contributed by atoms with E-state index in [0.717, 1.165) is 17.7 Å². The third-order valence-corrected chi connectivity index (χ3v) is 4.88. The number of nitrogens with one attached hydrogen (secondary N) is 1. The van der Waals surface area contributed by atoms with Gasteiger partial charge in [0.05, 0.1) is 0 Å². The van der Waals surface area contributed by atoms with Crippen LogP contribution in [0.3, 0.4) is 0 Å². The first kappa shape index (κ1) is 15.9. The molecule has 1 N–H and O–H groups in total. The monoisotopic (exact) mass is 359 g/mol. The fourth-order valence-corrected chi connectivity index (χ4v) is 3.36. The highest BCUT2D eigenvalue weighted by atomic mass is 32.1. The SMILES string of the molecule is Cc1cnc(NC(=O)CN(C(=O)c2ccc3c(c2)OCO3)C2CC2)s1. The lowest BCUT2D eigenvalue weighted by Gasteiger charge is -2.21. The van der Waals surface area contributed by atoms with Gasteiger partial charge in [0.1, 0.15) is 6.54 Å². The summed E-state index contributed by atoms with van der Waals surface area (Å²) in [7, 11) is 0. The van der Waals surface area contributed by atoms with Crippen LogP contribution >= 0.6 is 11.3 Å². The van der Waals surface area contributed by atoms with Crippen molar-refractivity contribution in [1.29, 1.82) is 0 Å². The molecule has 0 bridgehead atoms. The number of rotatable bonds is 5. The van der Waals surface area contributed by atoms with Gasteiger partial charge in [0.25, 0.3) is 5.91 Å². The van der Waals surface area contributed by atoms with Gasteiger partial charge in [0, 0.05) is 22.7 Å². The van der Waals surface area contributed by atoms with E-state index in [1.807, 2.05) is 6.92 Å². The standard InChI is InChI=1S/C17H17N3O4S/c1-10-7-18-17(25-10)19-15(21)8-20(12-3-4-12)16(22)11-2-5-13-14(6-11)24-9-23-13/h2,5-7,12H,3-4,8-9H2,1H3,(H,18,19,21). The highest BCUT2D eigenvalue weighted by Crippen LogP contribution is 2.34. The van der Waals surface area contributed by atoms with Gasteiger partial charge >= 0.3 is 0 Å². The predicted octanol–water partition coefficient (Wildman–Crippen LogP) is 2.42. The van der Waals surface area contributed by atoms with Gasteiger partial charge in [-0.05, 0) is 38.0 Å². The number of aryl methyl sites for hydroxylation is 1. The normalized spacial score (nSPS) is 15.1. The number of aromatic nitrogens is 1. The molecule has 2 aliphatic rings. The van der Waals surface area contributed by atoms with E-state index in [4.69, 9.17) is 9.47 Å². The van der Waals surface area contributed by atoms with Crippen LogP contribution in [0.25, 0.3) is 0 Å². The minimum Gasteiger partial charge on any atom is -0.454 e. The molecule has 1 fully saturated rings. The molecular weight excluding hydrogens is 342 g/mol. The number of carbonyl (C=O) groups is 2. The van der Waals surface area contributed by atoms with Crippen LogP contribution in [-0.4, -0.2) is 41.1 Å². The summed E-state index contributed by atoms with van der Waals surface area (Å²) in [6, 6.07) is 5.20.